The average molecular weight is 305 g/mol. The van der Waals surface area contributed by atoms with E-state index in [1.54, 1.807) is 24.3 Å². The van der Waals surface area contributed by atoms with Crippen LogP contribution < -0.4 is 0 Å². The predicted molar refractivity (Wildman–Crippen MR) is 89.6 cm³/mol. The molecule has 0 saturated heterocycles. The molecule has 0 saturated carbocycles. The quantitative estimate of drug-likeness (QED) is 0.468. The van der Waals surface area contributed by atoms with E-state index in [0.29, 0.717) is 16.1 Å². The fourth-order valence-electron chi connectivity index (χ4n) is 3.08. The maximum atomic E-state index is 12.6. The van der Waals surface area contributed by atoms with Gasteiger partial charge in [-0.15, -0.1) is 0 Å². The third-order valence-electron chi connectivity index (χ3n) is 4.14. The summed E-state index contributed by atoms with van der Waals surface area (Å²) < 4.78 is 0. The van der Waals surface area contributed by atoms with E-state index in [1.807, 2.05) is 12.1 Å². The number of carbonyl (C=O) groups is 1. The highest BCUT2D eigenvalue weighted by atomic mass is 35.5. The summed E-state index contributed by atoms with van der Waals surface area (Å²) in [5, 5.41) is 0.583. The topological polar surface area (TPSA) is 17.1 Å². The maximum absolute atomic E-state index is 12.6. The molecule has 0 spiro atoms. The maximum Gasteiger partial charge on any atom is 0.193 e. The normalized spacial score (nSPS) is 11.9. The van der Waals surface area contributed by atoms with Crippen LogP contribution in [0.1, 0.15) is 27.0 Å². The van der Waals surface area contributed by atoms with E-state index >= 15 is 0 Å². The Morgan fingerprint density at radius 3 is 2.41 bits per heavy atom. The van der Waals surface area contributed by atoms with Gasteiger partial charge < -0.3 is 0 Å². The van der Waals surface area contributed by atoms with Crippen molar-refractivity contribution in [3.63, 3.8) is 0 Å². The lowest BCUT2D eigenvalue weighted by Gasteiger charge is -2.05. The third-order valence-corrected chi connectivity index (χ3v) is 4.38. The molecule has 1 aliphatic carbocycles. The Labute approximate surface area is 134 Å². The zero-order chi connectivity index (χ0) is 15.1. The minimum atomic E-state index is 0.0151. The first kappa shape index (κ1) is 13.3. The van der Waals surface area contributed by atoms with E-state index in [9.17, 15) is 4.79 Å². The van der Waals surface area contributed by atoms with Crippen LogP contribution in [0.25, 0.3) is 11.1 Å². The van der Waals surface area contributed by atoms with Crippen molar-refractivity contribution in [1.29, 1.82) is 0 Å². The van der Waals surface area contributed by atoms with Crippen molar-refractivity contribution in [1.82, 2.24) is 0 Å². The first-order valence-corrected chi connectivity index (χ1v) is 7.61. The van der Waals surface area contributed by atoms with Gasteiger partial charge in [0.15, 0.2) is 5.78 Å². The summed E-state index contributed by atoms with van der Waals surface area (Å²) in [4.78, 5) is 12.6. The summed E-state index contributed by atoms with van der Waals surface area (Å²) in [6.45, 7) is 0. The molecule has 0 heterocycles. The van der Waals surface area contributed by atoms with Crippen LogP contribution in [-0.2, 0) is 6.42 Å². The van der Waals surface area contributed by atoms with Crippen molar-refractivity contribution in [3.8, 4) is 11.1 Å². The van der Waals surface area contributed by atoms with Crippen LogP contribution in [0.3, 0.4) is 0 Å². The molecule has 1 nitrogen and oxygen atoms in total. The highest BCUT2D eigenvalue weighted by Crippen LogP contribution is 2.37. The number of fused-ring (bicyclic) bond motifs is 3. The Balaban J connectivity index is 1.74. The minimum absolute atomic E-state index is 0.0151. The molecule has 0 atom stereocenters. The summed E-state index contributed by atoms with van der Waals surface area (Å²) >= 11 is 5.98. The smallest absolute Gasteiger partial charge is 0.193 e. The van der Waals surface area contributed by atoms with Crippen LogP contribution in [0, 0.1) is 0 Å². The first-order chi connectivity index (χ1) is 10.7. The molecule has 0 N–H and O–H groups in total. The zero-order valence-corrected chi connectivity index (χ0v) is 12.6. The van der Waals surface area contributed by atoms with Crippen molar-refractivity contribution in [3.05, 3.63) is 94.0 Å². The van der Waals surface area contributed by atoms with Gasteiger partial charge in [-0.05, 0) is 46.9 Å². The first-order valence-electron chi connectivity index (χ1n) is 7.24. The van der Waals surface area contributed by atoms with Crippen LogP contribution in [0.15, 0.2) is 66.7 Å². The van der Waals surface area contributed by atoms with Crippen LogP contribution in [-0.4, -0.2) is 5.78 Å². The van der Waals surface area contributed by atoms with Crippen molar-refractivity contribution < 1.29 is 4.79 Å². The molecule has 1 aliphatic rings. The Bertz CT molecular complexity index is 896. The zero-order valence-electron chi connectivity index (χ0n) is 11.8. The molecule has 0 unspecified atom stereocenters. The van der Waals surface area contributed by atoms with Gasteiger partial charge in [-0.1, -0.05) is 60.1 Å². The van der Waals surface area contributed by atoms with Crippen molar-refractivity contribution in [2.45, 2.75) is 6.42 Å². The Hall–Kier alpha value is -2.38. The van der Waals surface area contributed by atoms with Crippen molar-refractivity contribution in [2.24, 2.45) is 0 Å². The van der Waals surface area contributed by atoms with E-state index in [2.05, 4.69) is 30.3 Å². The summed E-state index contributed by atoms with van der Waals surface area (Å²) in [7, 11) is 0. The van der Waals surface area contributed by atoms with Crippen LogP contribution in [0.2, 0.25) is 5.02 Å². The van der Waals surface area contributed by atoms with Gasteiger partial charge in [-0.2, -0.15) is 0 Å². The fourth-order valence-corrected chi connectivity index (χ4v) is 3.27. The van der Waals surface area contributed by atoms with Gasteiger partial charge in [0.25, 0.3) is 0 Å². The number of hydrogen-bond acceptors (Lipinski definition) is 1. The number of rotatable bonds is 2. The molecule has 0 aromatic heterocycles. The lowest BCUT2D eigenvalue weighted by molar-refractivity contribution is 0.103. The lowest BCUT2D eigenvalue weighted by atomic mass is 9.98. The van der Waals surface area contributed by atoms with E-state index in [4.69, 9.17) is 11.6 Å². The molecule has 0 bridgehead atoms. The number of hydrogen-bond donors (Lipinski definition) is 0. The highest BCUT2D eigenvalue weighted by Gasteiger charge is 2.19. The highest BCUT2D eigenvalue weighted by molar-refractivity contribution is 6.31. The van der Waals surface area contributed by atoms with E-state index in [1.165, 1.54) is 22.3 Å². The predicted octanol–water partition coefficient (Wildman–Crippen LogP) is 5.14. The summed E-state index contributed by atoms with van der Waals surface area (Å²) in [5.41, 5.74) is 6.40. The van der Waals surface area contributed by atoms with E-state index in [0.717, 1.165) is 6.42 Å². The Morgan fingerprint density at radius 1 is 0.773 bits per heavy atom. The summed E-state index contributed by atoms with van der Waals surface area (Å²) in [6.07, 6.45) is 0.891. The molecule has 0 fully saturated rings. The second kappa shape index (κ2) is 5.11. The van der Waals surface area contributed by atoms with Gasteiger partial charge in [0.05, 0.1) is 0 Å². The molecule has 0 amide bonds. The largest absolute Gasteiger partial charge is 0.289 e. The number of halogens is 1. The molecule has 0 radical (unpaired) electrons. The molecule has 106 valence electrons. The van der Waals surface area contributed by atoms with E-state index in [-0.39, 0.29) is 5.78 Å². The molecule has 0 aliphatic heterocycles. The molecular formula is C20H13ClO. The minimum Gasteiger partial charge on any atom is -0.289 e. The molecule has 4 rings (SSSR count). The monoisotopic (exact) mass is 304 g/mol. The van der Waals surface area contributed by atoms with Gasteiger partial charge in [-0.3, -0.25) is 4.79 Å². The molecule has 2 heteroatoms. The molecule has 22 heavy (non-hydrogen) atoms. The van der Waals surface area contributed by atoms with Crippen LogP contribution in [0.5, 0.6) is 0 Å². The third kappa shape index (κ3) is 2.15. The van der Waals surface area contributed by atoms with Crippen LogP contribution in [0.4, 0.5) is 0 Å². The number of carbonyl (C=O) groups excluding carboxylic acids is 1. The molecule has 3 aromatic carbocycles. The lowest BCUT2D eigenvalue weighted by Crippen LogP contribution is -2.01. The second-order valence-electron chi connectivity index (χ2n) is 5.55. The van der Waals surface area contributed by atoms with Crippen molar-refractivity contribution in [2.75, 3.05) is 0 Å². The average Bonchev–Trinajstić information content (AvgIpc) is 2.91. The van der Waals surface area contributed by atoms with Gasteiger partial charge in [0.2, 0.25) is 0 Å². The van der Waals surface area contributed by atoms with E-state index < -0.39 is 0 Å². The Kier molecular flexibility index (Phi) is 3.09. The van der Waals surface area contributed by atoms with Gasteiger partial charge in [0, 0.05) is 16.1 Å². The van der Waals surface area contributed by atoms with Crippen LogP contribution >= 0.6 is 11.6 Å². The van der Waals surface area contributed by atoms with Gasteiger partial charge >= 0.3 is 0 Å². The van der Waals surface area contributed by atoms with Crippen molar-refractivity contribution >= 4 is 17.4 Å². The summed E-state index contributed by atoms with van der Waals surface area (Å²) in [5.74, 6) is 0.0151. The molecular weight excluding hydrogens is 292 g/mol. The second-order valence-corrected chi connectivity index (χ2v) is 5.98. The standard InChI is InChI=1S/C20H13ClO/c21-17-6-3-5-14(12-17)20(22)15-8-9-19-16(11-15)10-13-4-1-2-7-18(13)19/h1-9,11-12H,10H2. The number of benzene rings is 3. The van der Waals surface area contributed by atoms with Gasteiger partial charge in [0.1, 0.15) is 0 Å². The fraction of sp³-hybridized carbons (Fsp3) is 0.0500. The SMILES string of the molecule is O=C(c1cccc(Cl)c1)c1ccc2c(c1)Cc1ccccc1-2. The van der Waals surface area contributed by atoms with Gasteiger partial charge in [-0.25, -0.2) is 0 Å². The Morgan fingerprint density at radius 2 is 1.55 bits per heavy atom. The molecule has 3 aromatic rings. The summed E-state index contributed by atoms with van der Waals surface area (Å²) in [6, 6.07) is 21.5. The number of ketones is 1.